The lowest BCUT2D eigenvalue weighted by Crippen LogP contribution is -2.23. The Balaban J connectivity index is 3.35. The second-order valence-electron chi connectivity index (χ2n) is 6.84. The normalized spacial score (nSPS) is 12.2. The summed E-state index contributed by atoms with van der Waals surface area (Å²) in [5, 5.41) is 0. The Hall–Kier alpha value is -1.51. The molecule has 3 heteroatoms. The molecule has 0 amide bonds. The first kappa shape index (κ1) is 15.5. The summed E-state index contributed by atoms with van der Waals surface area (Å²) in [5.74, 6) is 0.149. The minimum Gasteiger partial charge on any atom is -0.287 e. The number of carbonyl (C=O) groups is 1. The van der Waals surface area contributed by atoms with E-state index in [1.165, 1.54) is 12.5 Å². The van der Waals surface area contributed by atoms with Gasteiger partial charge in [-0.05, 0) is 22.5 Å². The zero-order valence-corrected chi connectivity index (χ0v) is 13.0. The standard InChI is InChI=1S/C16H24O3/c1-11(17)18-19-13-10-8-9-12(15(2,3)4)14(13)16(5,6)7/h8-10H,1-7H3. The first-order chi connectivity index (χ1) is 8.53. The highest BCUT2D eigenvalue weighted by molar-refractivity contribution is 5.65. The maximum Gasteiger partial charge on any atom is 0.352 e. The number of hydrogen-bond acceptors (Lipinski definition) is 3. The van der Waals surface area contributed by atoms with Crippen LogP contribution >= 0.6 is 0 Å². The fourth-order valence-electron chi connectivity index (χ4n) is 2.10. The van der Waals surface area contributed by atoms with Gasteiger partial charge in [-0.1, -0.05) is 53.7 Å². The van der Waals surface area contributed by atoms with Crippen LogP contribution in [0.15, 0.2) is 18.2 Å². The van der Waals surface area contributed by atoms with E-state index in [4.69, 9.17) is 9.78 Å². The van der Waals surface area contributed by atoms with Crippen molar-refractivity contribution in [1.29, 1.82) is 0 Å². The van der Waals surface area contributed by atoms with Gasteiger partial charge in [-0.25, -0.2) is 4.79 Å². The van der Waals surface area contributed by atoms with E-state index in [1.807, 2.05) is 12.1 Å². The number of benzene rings is 1. The third-order valence-electron chi connectivity index (χ3n) is 2.83. The number of rotatable bonds is 2. The molecule has 0 aliphatic heterocycles. The Bertz CT molecular complexity index is 462. The SMILES string of the molecule is CC(=O)OOc1cccc(C(C)(C)C)c1C(C)(C)C. The largest absolute Gasteiger partial charge is 0.352 e. The summed E-state index contributed by atoms with van der Waals surface area (Å²) in [5.41, 5.74) is 2.17. The maximum absolute atomic E-state index is 10.9. The van der Waals surface area contributed by atoms with Crippen molar-refractivity contribution in [2.75, 3.05) is 0 Å². The van der Waals surface area contributed by atoms with Crippen LogP contribution in [0.3, 0.4) is 0 Å². The molecule has 19 heavy (non-hydrogen) atoms. The third-order valence-corrected chi connectivity index (χ3v) is 2.83. The summed E-state index contributed by atoms with van der Waals surface area (Å²) in [6.07, 6.45) is 0. The molecule has 1 rings (SSSR count). The maximum atomic E-state index is 10.9. The van der Waals surface area contributed by atoms with Gasteiger partial charge in [0.15, 0.2) is 5.75 Å². The second-order valence-corrected chi connectivity index (χ2v) is 6.84. The molecule has 0 saturated heterocycles. The molecule has 0 radical (unpaired) electrons. The lowest BCUT2D eigenvalue weighted by Gasteiger charge is -2.31. The highest BCUT2D eigenvalue weighted by Crippen LogP contribution is 2.39. The van der Waals surface area contributed by atoms with Gasteiger partial charge in [0.1, 0.15) is 0 Å². The van der Waals surface area contributed by atoms with Gasteiger partial charge in [-0.15, -0.1) is 0 Å². The molecule has 0 bridgehead atoms. The Labute approximate surface area is 115 Å². The molecule has 3 nitrogen and oxygen atoms in total. The zero-order valence-electron chi connectivity index (χ0n) is 13.0. The van der Waals surface area contributed by atoms with Crippen molar-refractivity contribution in [3.8, 4) is 5.75 Å². The summed E-state index contributed by atoms with van der Waals surface area (Å²) in [7, 11) is 0. The van der Waals surface area contributed by atoms with E-state index in [1.54, 1.807) is 0 Å². The molecule has 0 spiro atoms. The molecule has 0 aliphatic rings. The molecule has 0 heterocycles. The number of hydrogen-bond donors (Lipinski definition) is 0. The molecule has 1 aromatic rings. The zero-order chi connectivity index (χ0) is 14.8. The Morgan fingerprint density at radius 1 is 1.00 bits per heavy atom. The van der Waals surface area contributed by atoms with Crippen molar-refractivity contribution in [3.05, 3.63) is 29.3 Å². The van der Waals surface area contributed by atoms with Gasteiger partial charge in [0.05, 0.1) is 0 Å². The molecule has 0 N–H and O–H groups in total. The van der Waals surface area contributed by atoms with Crippen LogP contribution in [0, 0.1) is 0 Å². The summed E-state index contributed by atoms with van der Waals surface area (Å²) in [4.78, 5) is 20.8. The van der Waals surface area contributed by atoms with E-state index in [9.17, 15) is 4.79 Å². The first-order valence-electron chi connectivity index (χ1n) is 6.52. The van der Waals surface area contributed by atoms with Crippen LogP contribution in [0.1, 0.15) is 59.6 Å². The molecular weight excluding hydrogens is 240 g/mol. The van der Waals surface area contributed by atoms with Gasteiger partial charge in [0.2, 0.25) is 0 Å². The second kappa shape index (κ2) is 5.24. The van der Waals surface area contributed by atoms with E-state index in [-0.39, 0.29) is 10.8 Å². The molecule has 0 atom stereocenters. The van der Waals surface area contributed by atoms with Crippen LogP contribution in [0.5, 0.6) is 5.75 Å². The molecule has 106 valence electrons. The lowest BCUT2D eigenvalue weighted by molar-refractivity contribution is -0.211. The van der Waals surface area contributed by atoms with Crippen molar-refractivity contribution in [1.82, 2.24) is 0 Å². The van der Waals surface area contributed by atoms with Crippen molar-refractivity contribution in [2.24, 2.45) is 0 Å². The van der Waals surface area contributed by atoms with E-state index >= 15 is 0 Å². The van der Waals surface area contributed by atoms with Crippen molar-refractivity contribution in [3.63, 3.8) is 0 Å². The van der Waals surface area contributed by atoms with E-state index in [0.717, 1.165) is 5.56 Å². The van der Waals surface area contributed by atoms with Gasteiger partial charge in [-0.2, -0.15) is 0 Å². The number of carbonyl (C=O) groups excluding carboxylic acids is 1. The van der Waals surface area contributed by atoms with Gasteiger partial charge < -0.3 is 0 Å². The first-order valence-corrected chi connectivity index (χ1v) is 6.52. The fraction of sp³-hybridized carbons (Fsp3) is 0.562. The van der Waals surface area contributed by atoms with Crippen molar-refractivity contribution >= 4 is 5.97 Å². The van der Waals surface area contributed by atoms with Crippen molar-refractivity contribution in [2.45, 2.75) is 59.3 Å². The topological polar surface area (TPSA) is 35.5 Å². The Morgan fingerprint density at radius 3 is 2.00 bits per heavy atom. The fourth-order valence-corrected chi connectivity index (χ4v) is 2.10. The van der Waals surface area contributed by atoms with Gasteiger partial charge >= 0.3 is 5.97 Å². The minimum absolute atomic E-state index is 0.00178. The summed E-state index contributed by atoms with van der Waals surface area (Å²) in [6, 6.07) is 5.86. The Kier molecular flexibility index (Phi) is 4.28. The van der Waals surface area contributed by atoms with Gasteiger partial charge in [0.25, 0.3) is 0 Å². The van der Waals surface area contributed by atoms with E-state index in [0.29, 0.717) is 5.75 Å². The van der Waals surface area contributed by atoms with Gasteiger partial charge in [-0.3, -0.25) is 9.78 Å². The van der Waals surface area contributed by atoms with E-state index < -0.39 is 5.97 Å². The lowest BCUT2D eigenvalue weighted by atomic mass is 9.75. The molecule has 0 aromatic heterocycles. The van der Waals surface area contributed by atoms with Crippen LogP contribution in [0.2, 0.25) is 0 Å². The predicted molar refractivity (Wildman–Crippen MR) is 76.2 cm³/mol. The molecule has 0 fully saturated rings. The Morgan fingerprint density at radius 2 is 1.58 bits per heavy atom. The molecule has 1 aromatic carbocycles. The summed E-state index contributed by atoms with van der Waals surface area (Å²) in [6.45, 7) is 14.2. The van der Waals surface area contributed by atoms with Crippen LogP contribution in [0.25, 0.3) is 0 Å². The monoisotopic (exact) mass is 264 g/mol. The van der Waals surface area contributed by atoms with Crippen LogP contribution in [-0.2, 0) is 20.5 Å². The molecule has 0 aliphatic carbocycles. The van der Waals surface area contributed by atoms with Crippen LogP contribution in [-0.4, -0.2) is 5.97 Å². The molecule has 0 unspecified atom stereocenters. The van der Waals surface area contributed by atoms with Crippen molar-refractivity contribution < 1.29 is 14.6 Å². The van der Waals surface area contributed by atoms with Gasteiger partial charge in [0, 0.05) is 12.5 Å². The average Bonchev–Trinajstić information content (AvgIpc) is 2.23. The summed E-state index contributed by atoms with van der Waals surface area (Å²) < 4.78 is 0. The minimum atomic E-state index is -0.457. The van der Waals surface area contributed by atoms with E-state index in [2.05, 4.69) is 47.6 Å². The van der Waals surface area contributed by atoms with Crippen LogP contribution < -0.4 is 4.89 Å². The highest BCUT2D eigenvalue weighted by Gasteiger charge is 2.29. The highest BCUT2D eigenvalue weighted by atomic mass is 17.2. The van der Waals surface area contributed by atoms with Crippen LogP contribution in [0.4, 0.5) is 0 Å². The molecular formula is C16H24O3. The third kappa shape index (κ3) is 3.98. The smallest absolute Gasteiger partial charge is 0.287 e. The molecule has 0 saturated carbocycles. The average molecular weight is 264 g/mol. The quantitative estimate of drug-likeness (QED) is 0.595. The summed E-state index contributed by atoms with van der Waals surface area (Å²) >= 11 is 0. The predicted octanol–water partition coefficient (Wildman–Crippen LogP) is 4.14.